The molecule has 2 aromatic rings. The van der Waals surface area contributed by atoms with Crippen LogP contribution in [0.15, 0.2) is 12.7 Å². The number of nitrogens with zero attached hydrogens (tertiary/aromatic N) is 7. The second kappa shape index (κ2) is 4.67. The normalized spacial score (nSPS) is 17.4. The first-order chi connectivity index (χ1) is 9.57. The molecule has 20 heavy (non-hydrogen) atoms. The van der Waals surface area contributed by atoms with Gasteiger partial charge in [-0.3, -0.25) is 5.43 Å². The van der Waals surface area contributed by atoms with E-state index < -0.39 is 0 Å². The van der Waals surface area contributed by atoms with Crippen LogP contribution in [0.4, 0.5) is 11.9 Å². The number of rotatable bonds is 3. The Morgan fingerprint density at radius 3 is 2.65 bits per heavy atom. The molecule has 0 unspecified atom stereocenters. The Balaban J connectivity index is 1.97. The summed E-state index contributed by atoms with van der Waals surface area (Å²) in [5, 5.41) is 4.02. The van der Waals surface area contributed by atoms with E-state index in [1.165, 1.54) is 17.3 Å². The van der Waals surface area contributed by atoms with E-state index in [2.05, 4.69) is 49.2 Å². The van der Waals surface area contributed by atoms with Crippen molar-refractivity contribution in [3.8, 4) is 5.95 Å². The smallest absolute Gasteiger partial charge is 0.258 e. The second-order valence-corrected chi connectivity index (χ2v) is 5.58. The zero-order chi connectivity index (χ0) is 14.2. The summed E-state index contributed by atoms with van der Waals surface area (Å²) in [6.07, 6.45) is 4.06. The van der Waals surface area contributed by atoms with Gasteiger partial charge >= 0.3 is 0 Å². The maximum absolute atomic E-state index is 5.43. The van der Waals surface area contributed by atoms with Crippen molar-refractivity contribution >= 4 is 11.9 Å². The molecule has 1 fully saturated rings. The molecule has 0 radical (unpaired) electrons. The Morgan fingerprint density at radius 2 is 2.05 bits per heavy atom. The van der Waals surface area contributed by atoms with Crippen LogP contribution in [0.1, 0.15) is 20.3 Å². The molecule has 1 aliphatic rings. The zero-order valence-electron chi connectivity index (χ0n) is 11.5. The monoisotopic (exact) mass is 275 g/mol. The van der Waals surface area contributed by atoms with Gasteiger partial charge in [0.2, 0.25) is 11.9 Å². The Bertz CT molecular complexity index is 592. The van der Waals surface area contributed by atoms with Gasteiger partial charge < -0.3 is 4.90 Å². The Morgan fingerprint density at radius 1 is 1.25 bits per heavy atom. The molecule has 0 bridgehead atoms. The van der Waals surface area contributed by atoms with Gasteiger partial charge in [-0.2, -0.15) is 24.7 Å². The van der Waals surface area contributed by atoms with E-state index in [0.717, 1.165) is 19.5 Å². The molecule has 3 N–H and O–H groups in total. The van der Waals surface area contributed by atoms with Crippen molar-refractivity contribution in [2.24, 2.45) is 11.3 Å². The summed E-state index contributed by atoms with van der Waals surface area (Å²) in [5.74, 6) is 6.73. The molecule has 0 aliphatic carbocycles. The van der Waals surface area contributed by atoms with Gasteiger partial charge in [0, 0.05) is 13.1 Å². The third-order valence-corrected chi connectivity index (χ3v) is 3.32. The highest BCUT2D eigenvalue weighted by Crippen LogP contribution is 2.31. The molecule has 0 amide bonds. The lowest BCUT2D eigenvalue weighted by atomic mass is 9.93. The van der Waals surface area contributed by atoms with E-state index in [1.807, 2.05) is 0 Å². The van der Waals surface area contributed by atoms with Crippen LogP contribution >= 0.6 is 0 Å². The summed E-state index contributed by atoms with van der Waals surface area (Å²) >= 11 is 0. The van der Waals surface area contributed by atoms with Crippen molar-refractivity contribution < 1.29 is 0 Å². The van der Waals surface area contributed by atoms with Crippen LogP contribution in [-0.4, -0.2) is 42.8 Å². The van der Waals surface area contributed by atoms with Gasteiger partial charge in [0.25, 0.3) is 5.95 Å². The number of hydrogen-bond donors (Lipinski definition) is 2. The van der Waals surface area contributed by atoms with Gasteiger partial charge in [-0.25, -0.2) is 10.8 Å². The Kier molecular flexibility index (Phi) is 2.97. The largest absolute Gasteiger partial charge is 0.340 e. The van der Waals surface area contributed by atoms with Crippen LogP contribution in [0.2, 0.25) is 0 Å². The van der Waals surface area contributed by atoms with E-state index in [-0.39, 0.29) is 5.41 Å². The molecular weight excluding hydrogens is 258 g/mol. The highest BCUT2D eigenvalue weighted by Gasteiger charge is 2.31. The van der Waals surface area contributed by atoms with E-state index in [0.29, 0.717) is 17.8 Å². The fourth-order valence-electron chi connectivity index (χ4n) is 2.26. The minimum Gasteiger partial charge on any atom is -0.340 e. The molecular formula is C11H17N9. The second-order valence-electron chi connectivity index (χ2n) is 5.58. The van der Waals surface area contributed by atoms with E-state index in [1.54, 1.807) is 0 Å². The summed E-state index contributed by atoms with van der Waals surface area (Å²) < 4.78 is 1.48. The first-order valence-electron chi connectivity index (χ1n) is 6.40. The predicted molar refractivity (Wildman–Crippen MR) is 73.2 cm³/mol. The van der Waals surface area contributed by atoms with Crippen LogP contribution in [-0.2, 0) is 0 Å². The van der Waals surface area contributed by atoms with Gasteiger partial charge in [-0.15, -0.1) is 0 Å². The lowest BCUT2D eigenvalue weighted by Crippen LogP contribution is -2.26. The lowest BCUT2D eigenvalue weighted by Gasteiger charge is -2.20. The first kappa shape index (κ1) is 12.7. The van der Waals surface area contributed by atoms with Crippen molar-refractivity contribution in [3.63, 3.8) is 0 Å². The summed E-state index contributed by atoms with van der Waals surface area (Å²) in [5.41, 5.74) is 2.72. The summed E-state index contributed by atoms with van der Waals surface area (Å²) in [6.45, 7) is 6.28. The van der Waals surface area contributed by atoms with Gasteiger partial charge in [0.1, 0.15) is 12.7 Å². The summed E-state index contributed by atoms with van der Waals surface area (Å²) in [6, 6.07) is 0. The van der Waals surface area contributed by atoms with Crippen LogP contribution in [0.3, 0.4) is 0 Å². The maximum atomic E-state index is 5.43. The predicted octanol–water partition coefficient (Wildman–Crippen LogP) is -0.0258. The molecule has 0 spiro atoms. The van der Waals surface area contributed by atoms with E-state index in [4.69, 9.17) is 5.84 Å². The van der Waals surface area contributed by atoms with Crippen LogP contribution in [0.25, 0.3) is 5.95 Å². The van der Waals surface area contributed by atoms with Crippen molar-refractivity contribution in [2.45, 2.75) is 20.3 Å². The molecule has 3 heterocycles. The number of nitrogens with two attached hydrogens (primary N) is 1. The number of nitrogen functional groups attached to an aromatic ring is 1. The maximum Gasteiger partial charge on any atom is 0.258 e. The lowest BCUT2D eigenvalue weighted by molar-refractivity contribution is 0.418. The van der Waals surface area contributed by atoms with Crippen LogP contribution < -0.4 is 16.2 Å². The molecule has 2 aromatic heterocycles. The van der Waals surface area contributed by atoms with Crippen molar-refractivity contribution in [1.29, 1.82) is 0 Å². The van der Waals surface area contributed by atoms with Crippen molar-refractivity contribution in [1.82, 2.24) is 29.7 Å². The molecule has 0 atom stereocenters. The van der Waals surface area contributed by atoms with Gasteiger partial charge in [-0.05, 0) is 11.8 Å². The average molecular weight is 275 g/mol. The number of hydrazine groups is 1. The molecule has 9 heteroatoms. The number of aromatic nitrogens is 6. The van der Waals surface area contributed by atoms with Gasteiger partial charge in [-0.1, -0.05) is 13.8 Å². The average Bonchev–Trinajstić information content (AvgIpc) is 3.07. The first-order valence-corrected chi connectivity index (χ1v) is 6.40. The minimum atomic E-state index is 0.260. The number of anilines is 2. The minimum absolute atomic E-state index is 0.260. The molecule has 0 saturated carbocycles. The van der Waals surface area contributed by atoms with E-state index >= 15 is 0 Å². The highest BCUT2D eigenvalue weighted by atomic mass is 15.4. The summed E-state index contributed by atoms with van der Waals surface area (Å²) in [4.78, 5) is 19.0. The molecule has 106 valence electrons. The molecule has 0 aromatic carbocycles. The third kappa shape index (κ3) is 2.39. The third-order valence-electron chi connectivity index (χ3n) is 3.32. The fourth-order valence-corrected chi connectivity index (χ4v) is 2.26. The van der Waals surface area contributed by atoms with Gasteiger partial charge in [0.05, 0.1) is 0 Å². The quantitative estimate of drug-likeness (QED) is 0.593. The van der Waals surface area contributed by atoms with Gasteiger partial charge in [0.15, 0.2) is 0 Å². The standard InChI is InChI=1S/C11H17N9/c1-11(2)3-4-19(5-11)9-15-8(18-12)16-10(17-9)20-7-13-6-14-20/h6-7H,3-5,12H2,1-2H3,(H,15,16,17,18). The van der Waals surface area contributed by atoms with Crippen molar-refractivity contribution in [3.05, 3.63) is 12.7 Å². The Hall–Kier alpha value is -2.29. The SMILES string of the molecule is CC1(C)CCN(c2nc(NN)nc(-n3cncn3)n2)C1. The molecule has 9 nitrogen and oxygen atoms in total. The number of hydrogen-bond acceptors (Lipinski definition) is 8. The van der Waals surface area contributed by atoms with Crippen LogP contribution in [0, 0.1) is 5.41 Å². The Labute approximate surface area is 116 Å². The molecule has 1 aliphatic heterocycles. The summed E-state index contributed by atoms with van der Waals surface area (Å²) in [7, 11) is 0. The van der Waals surface area contributed by atoms with Crippen molar-refractivity contribution in [2.75, 3.05) is 23.4 Å². The molecule has 3 rings (SSSR count). The topological polar surface area (TPSA) is 111 Å². The van der Waals surface area contributed by atoms with E-state index in [9.17, 15) is 0 Å². The van der Waals surface area contributed by atoms with Crippen LogP contribution in [0.5, 0.6) is 0 Å². The number of nitrogens with one attached hydrogen (secondary N) is 1. The highest BCUT2D eigenvalue weighted by molar-refractivity contribution is 5.40. The molecule has 1 saturated heterocycles. The zero-order valence-corrected chi connectivity index (χ0v) is 11.5. The fraction of sp³-hybridized carbons (Fsp3) is 0.545.